The summed E-state index contributed by atoms with van der Waals surface area (Å²) in [4.78, 5) is 26.5. The second-order valence-corrected chi connectivity index (χ2v) is 6.31. The number of carbonyl (C=O) groups excluding carboxylic acids is 1. The van der Waals surface area contributed by atoms with Gasteiger partial charge in [-0.15, -0.1) is 0 Å². The van der Waals surface area contributed by atoms with Crippen LogP contribution in [0.15, 0.2) is 67.5 Å². The topological polar surface area (TPSA) is 59.0 Å². The molecule has 4 rings (SSSR count). The molecule has 0 aliphatic carbocycles. The summed E-state index contributed by atoms with van der Waals surface area (Å²) in [5.74, 6) is -0.850. The van der Waals surface area contributed by atoms with Gasteiger partial charge in [0.1, 0.15) is 12.1 Å². The summed E-state index contributed by atoms with van der Waals surface area (Å²) in [5.41, 5.74) is 3.42. The predicted molar refractivity (Wildman–Crippen MR) is 100 cm³/mol. The molecule has 0 N–H and O–H groups in total. The zero-order chi connectivity index (χ0) is 18.6. The summed E-state index contributed by atoms with van der Waals surface area (Å²) in [6.07, 6.45) is 11.0. The standard InChI is InChI=1S/C21H17FN4O/c22-20-9-15(18-11-24-14-25-12-18)5-6-19(20)21(27)26-8-2-4-17(13-26)16-3-1-7-23-10-16/h1,3-7,9-12,14H,2,8,13H2. The summed E-state index contributed by atoms with van der Waals surface area (Å²) in [6.45, 7) is 1.01. The maximum atomic E-state index is 14.6. The third-order valence-electron chi connectivity index (χ3n) is 4.56. The van der Waals surface area contributed by atoms with Crippen LogP contribution >= 0.6 is 0 Å². The predicted octanol–water partition coefficient (Wildman–Crippen LogP) is 3.61. The quantitative estimate of drug-likeness (QED) is 0.716. The minimum Gasteiger partial charge on any atom is -0.334 e. The van der Waals surface area contributed by atoms with Crippen LogP contribution in [0.4, 0.5) is 4.39 Å². The molecule has 134 valence electrons. The third-order valence-corrected chi connectivity index (χ3v) is 4.56. The van der Waals surface area contributed by atoms with E-state index in [-0.39, 0.29) is 11.5 Å². The summed E-state index contributed by atoms with van der Waals surface area (Å²) in [5, 5.41) is 0. The van der Waals surface area contributed by atoms with Crippen molar-refractivity contribution < 1.29 is 9.18 Å². The number of carbonyl (C=O) groups is 1. The smallest absolute Gasteiger partial charge is 0.257 e. The molecule has 0 saturated carbocycles. The van der Waals surface area contributed by atoms with E-state index in [9.17, 15) is 9.18 Å². The first-order valence-corrected chi connectivity index (χ1v) is 8.66. The van der Waals surface area contributed by atoms with Crippen molar-refractivity contribution in [1.29, 1.82) is 0 Å². The number of halogens is 1. The molecule has 0 fully saturated rings. The van der Waals surface area contributed by atoms with Crippen molar-refractivity contribution >= 4 is 11.5 Å². The van der Waals surface area contributed by atoms with E-state index in [0.29, 0.717) is 24.2 Å². The second kappa shape index (κ2) is 7.45. The van der Waals surface area contributed by atoms with Gasteiger partial charge in [0.05, 0.1) is 5.56 Å². The van der Waals surface area contributed by atoms with Gasteiger partial charge in [0.15, 0.2) is 0 Å². The second-order valence-electron chi connectivity index (χ2n) is 6.31. The lowest BCUT2D eigenvalue weighted by atomic mass is 10.0. The lowest BCUT2D eigenvalue weighted by Crippen LogP contribution is -2.36. The molecule has 1 aliphatic rings. The van der Waals surface area contributed by atoms with E-state index in [1.807, 2.05) is 12.1 Å². The van der Waals surface area contributed by atoms with E-state index in [2.05, 4.69) is 21.0 Å². The molecule has 3 aromatic rings. The van der Waals surface area contributed by atoms with Gasteiger partial charge in [-0.2, -0.15) is 0 Å². The summed E-state index contributed by atoms with van der Waals surface area (Å²) in [7, 11) is 0. The SMILES string of the molecule is O=C(c1ccc(-c2cncnc2)cc1F)N1CCC=C(c2cccnc2)C1. The Labute approximate surface area is 156 Å². The first-order valence-electron chi connectivity index (χ1n) is 8.66. The van der Waals surface area contributed by atoms with Gasteiger partial charge in [-0.25, -0.2) is 14.4 Å². The minimum atomic E-state index is -0.543. The van der Waals surface area contributed by atoms with Crippen molar-refractivity contribution in [2.75, 3.05) is 13.1 Å². The van der Waals surface area contributed by atoms with Crippen molar-refractivity contribution in [3.63, 3.8) is 0 Å². The van der Waals surface area contributed by atoms with Crippen molar-refractivity contribution in [3.05, 3.63) is 84.5 Å². The molecule has 2 aromatic heterocycles. The van der Waals surface area contributed by atoms with Crippen molar-refractivity contribution in [2.24, 2.45) is 0 Å². The average molecular weight is 360 g/mol. The first kappa shape index (κ1) is 17.0. The number of hydrogen-bond acceptors (Lipinski definition) is 4. The fourth-order valence-corrected chi connectivity index (χ4v) is 3.17. The molecule has 5 nitrogen and oxygen atoms in total. The Bertz CT molecular complexity index is 990. The maximum Gasteiger partial charge on any atom is 0.257 e. The first-order chi connectivity index (χ1) is 13.2. The number of nitrogens with zero attached hydrogens (tertiary/aromatic N) is 4. The third kappa shape index (κ3) is 3.60. The van der Waals surface area contributed by atoms with Crippen LogP contribution in [0.1, 0.15) is 22.3 Å². The van der Waals surface area contributed by atoms with E-state index in [0.717, 1.165) is 17.6 Å². The van der Waals surface area contributed by atoms with Crippen LogP contribution in [0.2, 0.25) is 0 Å². The fourth-order valence-electron chi connectivity index (χ4n) is 3.17. The van der Waals surface area contributed by atoms with Crippen molar-refractivity contribution in [1.82, 2.24) is 19.9 Å². The lowest BCUT2D eigenvalue weighted by Gasteiger charge is -2.28. The normalized spacial score (nSPS) is 14.0. The van der Waals surface area contributed by atoms with Gasteiger partial charge < -0.3 is 4.90 Å². The van der Waals surface area contributed by atoms with E-state index in [1.54, 1.807) is 35.8 Å². The number of hydrogen-bond donors (Lipinski definition) is 0. The molecular formula is C21H17FN4O. The van der Waals surface area contributed by atoms with Gasteiger partial charge >= 0.3 is 0 Å². The highest BCUT2D eigenvalue weighted by molar-refractivity contribution is 5.96. The summed E-state index contributed by atoms with van der Waals surface area (Å²) < 4.78 is 14.6. The molecular weight excluding hydrogens is 343 g/mol. The van der Waals surface area contributed by atoms with Gasteiger partial charge in [-0.05, 0) is 41.3 Å². The molecule has 27 heavy (non-hydrogen) atoms. The minimum absolute atomic E-state index is 0.0723. The van der Waals surface area contributed by atoms with E-state index >= 15 is 0 Å². The molecule has 0 atom stereocenters. The number of aromatic nitrogens is 3. The summed E-state index contributed by atoms with van der Waals surface area (Å²) in [6, 6.07) is 8.43. The van der Waals surface area contributed by atoms with Gasteiger partial charge in [0, 0.05) is 43.4 Å². The van der Waals surface area contributed by atoms with Gasteiger partial charge in [-0.3, -0.25) is 9.78 Å². The monoisotopic (exact) mass is 360 g/mol. The van der Waals surface area contributed by atoms with Crippen LogP contribution in [0.5, 0.6) is 0 Å². The maximum absolute atomic E-state index is 14.6. The Morgan fingerprint density at radius 3 is 2.56 bits per heavy atom. The fraction of sp³-hybridized carbons (Fsp3) is 0.143. The Kier molecular flexibility index (Phi) is 4.70. The molecule has 6 heteroatoms. The lowest BCUT2D eigenvalue weighted by molar-refractivity contribution is 0.0770. The molecule has 1 aliphatic heterocycles. The molecule has 3 heterocycles. The number of rotatable bonds is 3. The molecule has 0 spiro atoms. The van der Waals surface area contributed by atoms with Gasteiger partial charge in [0.2, 0.25) is 0 Å². The van der Waals surface area contributed by atoms with Crippen LogP contribution in [-0.2, 0) is 0 Å². The largest absolute Gasteiger partial charge is 0.334 e. The van der Waals surface area contributed by atoms with Crippen LogP contribution in [0.25, 0.3) is 16.7 Å². The van der Waals surface area contributed by atoms with Crippen LogP contribution < -0.4 is 0 Å². The zero-order valence-electron chi connectivity index (χ0n) is 14.5. The van der Waals surface area contributed by atoms with Crippen molar-refractivity contribution in [3.8, 4) is 11.1 Å². The highest BCUT2D eigenvalue weighted by Crippen LogP contribution is 2.24. The summed E-state index contributed by atoms with van der Waals surface area (Å²) >= 11 is 0. The number of benzene rings is 1. The number of pyridine rings is 1. The van der Waals surface area contributed by atoms with E-state index in [4.69, 9.17) is 0 Å². The zero-order valence-corrected chi connectivity index (χ0v) is 14.5. The van der Waals surface area contributed by atoms with E-state index in [1.165, 1.54) is 18.5 Å². The van der Waals surface area contributed by atoms with Gasteiger partial charge in [0.25, 0.3) is 5.91 Å². The Morgan fingerprint density at radius 1 is 1.00 bits per heavy atom. The average Bonchev–Trinajstić information content (AvgIpc) is 2.74. The molecule has 0 saturated heterocycles. The van der Waals surface area contributed by atoms with Crippen LogP contribution in [0, 0.1) is 5.82 Å². The Balaban J connectivity index is 1.55. The molecule has 0 bridgehead atoms. The number of amides is 1. The van der Waals surface area contributed by atoms with E-state index < -0.39 is 5.82 Å². The van der Waals surface area contributed by atoms with Crippen LogP contribution in [0.3, 0.4) is 0 Å². The highest BCUT2D eigenvalue weighted by Gasteiger charge is 2.23. The molecule has 1 amide bonds. The van der Waals surface area contributed by atoms with Gasteiger partial charge in [-0.1, -0.05) is 18.2 Å². The Morgan fingerprint density at radius 2 is 1.81 bits per heavy atom. The Hall–Kier alpha value is -3.41. The molecule has 1 aromatic carbocycles. The van der Waals surface area contributed by atoms with Crippen molar-refractivity contribution in [2.45, 2.75) is 6.42 Å². The molecule has 0 unspecified atom stereocenters. The molecule has 0 radical (unpaired) electrons. The van der Waals surface area contributed by atoms with Crippen LogP contribution in [-0.4, -0.2) is 38.8 Å². The highest BCUT2D eigenvalue weighted by atomic mass is 19.1.